The number of nitro benzene ring substituents is 1. The number of fused-ring (bicyclic) bond motifs is 2. The molecule has 62 heavy (non-hydrogen) atoms. The largest absolute Gasteiger partial charge is 0.497 e. The topological polar surface area (TPSA) is 192 Å². The van der Waals surface area contributed by atoms with Gasteiger partial charge in [0.05, 0.1) is 36.7 Å². The highest BCUT2D eigenvalue weighted by Crippen LogP contribution is 2.61. The molecule has 0 spiro atoms. The molecule has 6 atom stereocenters. The van der Waals surface area contributed by atoms with Crippen molar-refractivity contribution in [1.29, 1.82) is 0 Å². The summed E-state index contributed by atoms with van der Waals surface area (Å²) in [6.45, 7) is 6.39. The molecule has 0 saturated heterocycles. The van der Waals surface area contributed by atoms with E-state index in [0.29, 0.717) is 47.9 Å². The Balaban J connectivity index is 1.53. The number of carbonyl (C=O) groups excluding carboxylic acids is 2. The van der Waals surface area contributed by atoms with Crippen LogP contribution in [0, 0.1) is 27.9 Å². The summed E-state index contributed by atoms with van der Waals surface area (Å²) >= 11 is 0. The zero-order valence-corrected chi connectivity index (χ0v) is 35.7. The second-order valence-corrected chi connectivity index (χ2v) is 15.9. The lowest BCUT2D eigenvalue weighted by Gasteiger charge is -2.59. The van der Waals surface area contributed by atoms with Gasteiger partial charge < -0.3 is 44.2 Å². The number of aliphatic hydroxyl groups excluding tert-OH is 2. The number of amides is 2. The fraction of sp³-hybridized carbons (Fsp3) is 0.468. The van der Waals surface area contributed by atoms with Crippen molar-refractivity contribution in [2.45, 2.75) is 82.6 Å². The van der Waals surface area contributed by atoms with Crippen molar-refractivity contribution in [1.82, 2.24) is 10.2 Å². The number of allylic oxidation sites excluding steroid dienone is 1. The third kappa shape index (κ3) is 10.3. The molecule has 0 aromatic heterocycles. The first-order chi connectivity index (χ1) is 30.1. The molecule has 3 aliphatic rings. The first-order valence-corrected chi connectivity index (χ1v) is 21.3. The van der Waals surface area contributed by atoms with E-state index >= 15 is 0 Å². The molecular weight excluding hydrogens is 797 g/mol. The number of nitrogens with zero attached hydrogens (tertiary/aromatic N) is 3. The number of ether oxygens (including phenoxy) is 4. The van der Waals surface area contributed by atoms with Crippen LogP contribution in [0.25, 0.3) is 0 Å². The molecule has 1 saturated carbocycles. The molecule has 1 heterocycles. The predicted molar refractivity (Wildman–Crippen MR) is 232 cm³/mol. The molecule has 0 radical (unpaired) electrons. The zero-order chi connectivity index (χ0) is 44.2. The monoisotopic (exact) mass is 854 g/mol. The number of carbonyl (C=O) groups is 2. The average Bonchev–Trinajstić information content (AvgIpc) is 3.27. The molecular formula is C47H58N4O11. The van der Waals surface area contributed by atoms with Crippen LogP contribution in [0.1, 0.15) is 74.5 Å². The highest BCUT2D eigenvalue weighted by molar-refractivity contribution is 6.03. The summed E-state index contributed by atoms with van der Waals surface area (Å²) in [7, 11) is 3.32. The van der Waals surface area contributed by atoms with Crippen LogP contribution in [0.2, 0.25) is 0 Å². The minimum Gasteiger partial charge on any atom is -0.497 e. The predicted octanol–water partition coefficient (Wildman–Crippen LogP) is 7.25. The Morgan fingerprint density at radius 2 is 1.79 bits per heavy atom. The molecule has 3 N–H and O–H groups in total. The van der Waals surface area contributed by atoms with E-state index < -0.39 is 28.8 Å². The van der Waals surface area contributed by atoms with E-state index in [0.717, 1.165) is 42.4 Å². The van der Waals surface area contributed by atoms with Gasteiger partial charge in [-0.15, -0.1) is 6.58 Å². The van der Waals surface area contributed by atoms with Crippen molar-refractivity contribution in [3.63, 3.8) is 0 Å². The van der Waals surface area contributed by atoms with Gasteiger partial charge in [0.2, 0.25) is 11.7 Å². The van der Waals surface area contributed by atoms with E-state index in [2.05, 4.69) is 18.0 Å². The fourth-order valence-electron chi connectivity index (χ4n) is 9.23. The lowest BCUT2D eigenvalue weighted by Crippen LogP contribution is -2.69. The Morgan fingerprint density at radius 1 is 1.03 bits per heavy atom. The van der Waals surface area contributed by atoms with Crippen LogP contribution in [0.5, 0.6) is 17.2 Å². The van der Waals surface area contributed by atoms with Crippen LogP contribution >= 0.6 is 0 Å². The number of nitro groups is 1. The quantitative estimate of drug-likeness (QED) is 0.0424. The Kier molecular flexibility index (Phi) is 15.8. The van der Waals surface area contributed by atoms with Gasteiger partial charge in [-0.2, -0.15) is 0 Å². The third-order valence-electron chi connectivity index (χ3n) is 12.1. The van der Waals surface area contributed by atoms with E-state index in [-0.39, 0.29) is 68.6 Å². The summed E-state index contributed by atoms with van der Waals surface area (Å²) in [4.78, 5) is 45.9. The number of methoxy groups -OCH3 is 1. The number of rotatable bonds is 21. The molecule has 1 fully saturated rings. The number of aliphatic hydroxyl groups is 2. The maximum absolute atomic E-state index is 14.5. The maximum atomic E-state index is 14.5. The van der Waals surface area contributed by atoms with E-state index in [1.807, 2.05) is 30.3 Å². The first kappa shape index (κ1) is 45.7. The molecule has 1 aliphatic heterocycles. The molecule has 3 aromatic carbocycles. The third-order valence-corrected chi connectivity index (χ3v) is 12.1. The summed E-state index contributed by atoms with van der Waals surface area (Å²) in [5, 5.41) is 38.6. The van der Waals surface area contributed by atoms with Gasteiger partial charge in [-0.3, -0.25) is 14.9 Å². The standard InChI is InChI=1S/C47H58N4O11/c1-5-24-59-47-42(50(3)43(54)26-32-12-11-14-35(25-32)58-4)29-40(49-60-30-31-16-18-34(19-17-31)51(56)57)38-27-33(13-7-9-22-52)37(15-8-10-23-53)44(45(38)47)39-28-36(20-21-41(39)62-47)61-46(55)48-6-2/h5,11-12,14,16-21,25,27-28,33,37,42,44-45,52-53H,1,6-10,13,15,22-24,26,29-30H2,2-4H3,(H,48,55)/t33-,37+,42-,44+,45+,47+/m0/s1. The summed E-state index contributed by atoms with van der Waals surface area (Å²) in [6.07, 6.45) is 7.74. The van der Waals surface area contributed by atoms with Gasteiger partial charge in [0, 0.05) is 56.8 Å². The van der Waals surface area contributed by atoms with Crippen LogP contribution in [-0.4, -0.2) is 90.1 Å². The van der Waals surface area contributed by atoms with E-state index in [1.165, 1.54) is 12.1 Å². The van der Waals surface area contributed by atoms with Crippen LogP contribution in [0.15, 0.2) is 96.2 Å². The van der Waals surface area contributed by atoms with E-state index in [1.54, 1.807) is 56.3 Å². The van der Waals surface area contributed by atoms with Crippen LogP contribution < -0.4 is 19.5 Å². The first-order valence-electron chi connectivity index (χ1n) is 21.3. The highest BCUT2D eigenvalue weighted by Gasteiger charge is 2.65. The second-order valence-electron chi connectivity index (χ2n) is 15.9. The number of oxime groups is 1. The molecule has 3 aromatic rings. The second kappa shape index (κ2) is 21.3. The molecule has 0 unspecified atom stereocenters. The minimum absolute atomic E-state index is 0.0173. The van der Waals surface area contributed by atoms with Crippen molar-refractivity contribution in [2.24, 2.45) is 22.9 Å². The Labute approximate surface area is 362 Å². The molecule has 2 amide bonds. The molecule has 15 heteroatoms. The van der Waals surface area contributed by atoms with Gasteiger partial charge in [0.15, 0.2) is 0 Å². The SMILES string of the molecule is C=CCO[C@@]12Oc3ccc(OC(=O)NCC)cc3[C@H]3[C@H](CCCCO)[C@@H](CCCCO)C=C(C(=NOCc4ccc([N+](=O)[O-])cc4)C[C@@H]1N(C)C(=O)Cc1cccc(OC)c1)[C@H]32. The van der Waals surface area contributed by atoms with Crippen LogP contribution in [-0.2, 0) is 27.4 Å². The van der Waals surface area contributed by atoms with Crippen LogP contribution in [0.3, 0.4) is 0 Å². The van der Waals surface area contributed by atoms with Gasteiger partial charge in [0.1, 0.15) is 29.9 Å². The number of nitrogens with one attached hydrogen (secondary N) is 1. The highest BCUT2D eigenvalue weighted by atomic mass is 16.7. The molecule has 332 valence electrons. The summed E-state index contributed by atoms with van der Waals surface area (Å²) < 4.78 is 25.4. The summed E-state index contributed by atoms with van der Waals surface area (Å²) in [5.74, 6) is -1.15. The smallest absolute Gasteiger partial charge is 0.412 e. The Morgan fingerprint density at radius 3 is 2.48 bits per heavy atom. The lowest BCUT2D eigenvalue weighted by atomic mass is 9.55. The molecule has 15 nitrogen and oxygen atoms in total. The maximum Gasteiger partial charge on any atom is 0.412 e. The summed E-state index contributed by atoms with van der Waals surface area (Å²) in [6, 6.07) is 18.0. The number of hydrogen-bond donors (Lipinski definition) is 3. The number of non-ortho nitro benzene ring substituents is 1. The Hall–Kier alpha value is -5.77. The molecule has 6 rings (SSSR count). The number of hydrogen-bond acceptors (Lipinski definition) is 12. The lowest BCUT2D eigenvalue weighted by molar-refractivity contribution is -0.384. The number of benzene rings is 3. The fourth-order valence-corrected chi connectivity index (χ4v) is 9.23. The molecule has 0 bridgehead atoms. The Bertz CT molecular complexity index is 2110. The van der Waals surface area contributed by atoms with Gasteiger partial charge in [0.25, 0.3) is 5.69 Å². The molecule has 2 aliphatic carbocycles. The van der Waals surface area contributed by atoms with Gasteiger partial charge >= 0.3 is 6.09 Å². The van der Waals surface area contributed by atoms with E-state index in [9.17, 15) is 29.9 Å². The van der Waals surface area contributed by atoms with Gasteiger partial charge in [-0.25, -0.2) is 4.79 Å². The van der Waals surface area contributed by atoms with Crippen molar-refractivity contribution in [3.8, 4) is 17.2 Å². The van der Waals surface area contributed by atoms with Crippen molar-refractivity contribution in [3.05, 3.63) is 118 Å². The van der Waals surface area contributed by atoms with Gasteiger partial charge in [-0.05, 0) is 104 Å². The van der Waals surface area contributed by atoms with E-state index in [4.69, 9.17) is 28.9 Å². The van der Waals surface area contributed by atoms with Crippen LogP contribution in [0.4, 0.5) is 10.5 Å². The zero-order valence-electron chi connectivity index (χ0n) is 35.7. The normalized spacial score (nSPS) is 22.9. The average molecular weight is 855 g/mol. The van der Waals surface area contributed by atoms with Crippen molar-refractivity contribution in [2.75, 3.05) is 40.5 Å². The van der Waals surface area contributed by atoms with Gasteiger partial charge in [-0.1, -0.05) is 42.3 Å². The van der Waals surface area contributed by atoms with Crippen molar-refractivity contribution < 1.29 is 48.5 Å². The minimum atomic E-state index is -1.47. The summed E-state index contributed by atoms with van der Waals surface area (Å²) in [5.41, 5.74) is 3.63. The van der Waals surface area contributed by atoms with Crippen molar-refractivity contribution >= 4 is 23.4 Å². The number of unbranched alkanes of at least 4 members (excludes halogenated alkanes) is 2. The number of likely N-dealkylation sites (N-methyl/N-ethyl adjacent to an activating group) is 1.